The molecule has 0 unspecified atom stereocenters. The maximum atomic E-state index is 11.8. The van der Waals surface area contributed by atoms with Crippen molar-refractivity contribution in [1.29, 1.82) is 0 Å². The number of hydrogen-bond donors (Lipinski definition) is 2. The quantitative estimate of drug-likeness (QED) is 0.765. The third-order valence-corrected chi connectivity index (χ3v) is 2.92. The van der Waals surface area contributed by atoms with Crippen molar-refractivity contribution in [2.75, 3.05) is 5.73 Å². The van der Waals surface area contributed by atoms with Gasteiger partial charge in [-0.3, -0.25) is 4.79 Å². The predicted molar refractivity (Wildman–Crippen MR) is 58.4 cm³/mol. The zero-order chi connectivity index (χ0) is 10.9. The highest BCUT2D eigenvalue weighted by Crippen LogP contribution is 2.31. The van der Waals surface area contributed by atoms with Crippen LogP contribution in [0.4, 0.5) is 5.82 Å². The molecule has 4 nitrogen and oxygen atoms in total. The molecule has 1 aliphatic rings. The van der Waals surface area contributed by atoms with Crippen LogP contribution in [0.2, 0.25) is 0 Å². The fourth-order valence-corrected chi connectivity index (χ4v) is 1.72. The molecule has 1 heterocycles. The lowest BCUT2D eigenvalue weighted by atomic mass is 9.78. The first-order valence-corrected chi connectivity index (χ1v) is 5.13. The summed E-state index contributed by atoms with van der Waals surface area (Å²) in [4.78, 5) is 15.7. The van der Waals surface area contributed by atoms with E-state index >= 15 is 0 Å². The van der Waals surface area contributed by atoms with Gasteiger partial charge in [0.1, 0.15) is 5.82 Å². The minimum Gasteiger partial charge on any atom is -0.384 e. The number of carbonyl (C=O) groups excluding carboxylic acids is 1. The van der Waals surface area contributed by atoms with Crippen LogP contribution in [0.5, 0.6) is 0 Å². The number of rotatable bonds is 2. The Morgan fingerprint density at radius 3 is 2.73 bits per heavy atom. The number of hydrogen-bond acceptors (Lipinski definition) is 3. The Bertz CT molecular complexity index is 368. The molecule has 0 aliphatic heterocycles. The van der Waals surface area contributed by atoms with E-state index in [1.807, 2.05) is 0 Å². The third kappa shape index (κ3) is 2.09. The molecule has 1 fully saturated rings. The number of nitrogen functional groups attached to an aromatic ring is 1. The molecule has 1 amide bonds. The lowest BCUT2D eigenvalue weighted by Gasteiger charge is -2.39. The van der Waals surface area contributed by atoms with Crippen LogP contribution < -0.4 is 11.1 Å². The standard InChI is InChI=1S/C11H15N3O/c1-11(5-2-6-11)14-10(15)8-3-4-9(12)13-7-8/h3-4,7H,2,5-6H2,1H3,(H2,12,13)(H,14,15). The first-order chi connectivity index (χ1) is 7.09. The molecule has 15 heavy (non-hydrogen) atoms. The van der Waals surface area contributed by atoms with E-state index < -0.39 is 0 Å². The van der Waals surface area contributed by atoms with E-state index in [2.05, 4.69) is 17.2 Å². The van der Waals surface area contributed by atoms with E-state index in [1.54, 1.807) is 12.1 Å². The molecular formula is C11H15N3O. The average Bonchev–Trinajstić information content (AvgIpc) is 2.16. The van der Waals surface area contributed by atoms with E-state index in [4.69, 9.17) is 5.73 Å². The van der Waals surface area contributed by atoms with Gasteiger partial charge in [0, 0.05) is 11.7 Å². The fraction of sp³-hybridized carbons (Fsp3) is 0.455. The van der Waals surface area contributed by atoms with Crippen molar-refractivity contribution in [3.8, 4) is 0 Å². The molecule has 0 spiro atoms. The van der Waals surface area contributed by atoms with Crippen LogP contribution in [0.3, 0.4) is 0 Å². The van der Waals surface area contributed by atoms with E-state index in [0.717, 1.165) is 12.8 Å². The summed E-state index contributed by atoms with van der Waals surface area (Å²) in [7, 11) is 0. The van der Waals surface area contributed by atoms with Crippen LogP contribution in [0, 0.1) is 0 Å². The van der Waals surface area contributed by atoms with Gasteiger partial charge in [0.2, 0.25) is 0 Å². The predicted octanol–water partition coefficient (Wildman–Crippen LogP) is 1.34. The maximum Gasteiger partial charge on any atom is 0.253 e. The summed E-state index contributed by atoms with van der Waals surface area (Å²) >= 11 is 0. The van der Waals surface area contributed by atoms with Gasteiger partial charge >= 0.3 is 0 Å². The summed E-state index contributed by atoms with van der Waals surface area (Å²) in [6.07, 6.45) is 4.81. The van der Waals surface area contributed by atoms with Gasteiger partial charge in [-0.05, 0) is 38.3 Å². The number of nitrogens with one attached hydrogen (secondary N) is 1. The van der Waals surface area contributed by atoms with E-state index in [1.165, 1.54) is 12.6 Å². The van der Waals surface area contributed by atoms with Crippen LogP contribution >= 0.6 is 0 Å². The summed E-state index contributed by atoms with van der Waals surface area (Å²) in [5, 5.41) is 3.01. The topological polar surface area (TPSA) is 68.0 Å². The fourth-order valence-electron chi connectivity index (χ4n) is 1.72. The Balaban J connectivity index is 2.04. The average molecular weight is 205 g/mol. The van der Waals surface area contributed by atoms with Crippen LogP contribution in [0.25, 0.3) is 0 Å². The van der Waals surface area contributed by atoms with E-state index in [9.17, 15) is 4.79 Å². The largest absolute Gasteiger partial charge is 0.384 e. The van der Waals surface area contributed by atoms with Gasteiger partial charge in [0.15, 0.2) is 0 Å². The number of pyridine rings is 1. The van der Waals surface area contributed by atoms with Crippen molar-refractivity contribution < 1.29 is 4.79 Å². The number of nitrogens with two attached hydrogens (primary N) is 1. The molecule has 1 aromatic heterocycles. The summed E-state index contributed by atoms with van der Waals surface area (Å²) < 4.78 is 0. The normalized spacial score (nSPS) is 17.9. The molecule has 0 radical (unpaired) electrons. The zero-order valence-corrected chi connectivity index (χ0v) is 8.79. The maximum absolute atomic E-state index is 11.8. The second-order valence-electron chi connectivity index (χ2n) is 4.34. The summed E-state index contributed by atoms with van der Waals surface area (Å²) in [5.41, 5.74) is 6.00. The SMILES string of the molecule is CC1(NC(=O)c2ccc(N)nc2)CCC1. The highest BCUT2D eigenvalue weighted by molar-refractivity contribution is 5.94. The molecule has 80 valence electrons. The van der Waals surface area contributed by atoms with Crippen LogP contribution in [-0.2, 0) is 0 Å². The minimum absolute atomic E-state index is 0.0154. The molecule has 1 aliphatic carbocycles. The van der Waals surface area contributed by atoms with Gasteiger partial charge in [-0.1, -0.05) is 0 Å². The van der Waals surface area contributed by atoms with Crippen LogP contribution in [-0.4, -0.2) is 16.4 Å². The second kappa shape index (κ2) is 3.53. The van der Waals surface area contributed by atoms with Crippen LogP contribution in [0.15, 0.2) is 18.3 Å². The molecule has 0 atom stereocenters. The Hall–Kier alpha value is -1.58. The van der Waals surface area contributed by atoms with Gasteiger partial charge < -0.3 is 11.1 Å². The van der Waals surface area contributed by atoms with Gasteiger partial charge in [-0.2, -0.15) is 0 Å². The summed E-state index contributed by atoms with van der Waals surface area (Å²) in [5.74, 6) is 0.367. The van der Waals surface area contributed by atoms with Gasteiger partial charge in [-0.15, -0.1) is 0 Å². The van der Waals surface area contributed by atoms with Crippen molar-refractivity contribution >= 4 is 11.7 Å². The van der Waals surface area contributed by atoms with Gasteiger partial charge in [0.05, 0.1) is 5.56 Å². The third-order valence-electron chi connectivity index (χ3n) is 2.92. The molecule has 4 heteroatoms. The molecule has 0 bridgehead atoms. The zero-order valence-electron chi connectivity index (χ0n) is 8.79. The lowest BCUT2D eigenvalue weighted by Crippen LogP contribution is -2.50. The van der Waals surface area contributed by atoms with Gasteiger partial charge in [0.25, 0.3) is 5.91 Å². The summed E-state index contributed by atoms with van der Waals surface area (Å²) in [6, 6.07) is 3.33. The van der Waals surface area contributed by atoms with E-state index in [0.29, 0.717) is 11.4 Å². The number of carbonyl (C=O) groups is 1. The number of aromatic nitrogens is 1. The Morgan fingerprint density at radius 1 is 1.53 bits per heavy atom. The molecule has 3 N–H and O–H groups in total. The van der Waals surface area contributed by atoms with Gasteiger partial charge in [-0.25, -0.2) is 4.98 Å². The van der Waals surface area contributed by atoms with E-state index in [-0.39, 0.29) is 11.4 Å². The molecule has 0 aromatic carbocycles. The van der Waals surface area contributed by atoms with Crippen molar-refractivity contribution in [3.05, 3.63) is 23.9 Å². The first-order valence-electron chi connectivity index (χ1n) is 5.13. The molecule has 2 rings (SSSR count). The van der Waals surface area contributed by atoms with Crippen LogP contribution in [0.1, 0.15) is 36.5 Å². The molecule has 1 aromatic rings. The number of anilines is 1. The lowest BCUT2D eigenvalue weighted by molar-refractivity contribution is 0.0850. The smallest absolute Gasteiger partial charge is 0.253 e. The number of nitrogens with zero attached hydrogens (tertiary/aromatic N) is 1. The Labute approximate surface area is 88.9 Å². The Kier molecular flexibility index (Phi) is 2.34. The molecular weight excluding hydrogens is 190 g/mol. The molecule has 1 saturated carbocycles. The summed E-state index contributed by atoms with van der Waals surface area (Å²) in [6.45, 7) is 2.07. The van der Waals surface area contributed by atoms with Crippen molar-refractivity contribution in [2.24, 2.45) is 0 Å². The highest BCUT2D eigenvalue weighted by atomic mass is 16.1. The highest BCUT2D eigenvalue weighted by Gasteiger charge is 2.33. The molecule has 0 saturated heterocycles. The second-order valence-corrected chi connectivity index (χ2v) is 4.34. The van der Waals surface area contributed by atoms with Crippen molar-refractivity contribution in [1.82, 2.24) is 10.3 Å². The van der Waals surface area contributed by atoms with Crippen molar-refractivity contribution in [2.45, 2.75) is 31.7 Å². The Morgan fingerprint density at radius 2 is 2.27 bits per heavy atom. The minimum atomic E-state index is -0.0651. The first kappa shape index (κ1) is 9.96. The van der Waals surface area contributed by atoms with Crippen molar-refractivity contribution in [3.63, 3.8) is 0 Å². The number of amides is 1. The monoisotopic (exact) mass is 205 g/mol.